The Morgan fingerprint density at radius 2 is 2.21 bits per heavy atom. The molecule has 98 valence electrons. The number of hydrogen-bond donors (Lipinski definition) is 1. The summed E-state index contributed by atoms with van der Waals surface area (Å²) >= 11 is 0. The number of rotatable bonds is 3. The second-order valence-electron chi connectivity index (χ2n) is 4.86. The van der Waals surface area contributed by atoms with E-state index in [1.54, 1.807) is 12.4 Å². The maximum Gasteiger partial charge on any atom is 0.331 e. The first-order valence-corrected chi connectivity index (χ1v) is 6.08. The van der Waals surface area contributed by atoms with Crippen LogP contribution in [0.15, 0.2) is 18.5 Å². The highest BCUT2D eigenvalue weighted by molar-refractivity contribution is 5.78. The van der Waals surface area contributed by atoms with Crippen LogP contribution >= 0.6 is 0 Å². The SMILES string of the molecule is Cc1cncc(-c2nnnn2C2(C(=O)O)CCC2)c1. The van der Waals surface area contributed by atoms with Gasteiger partial charge < -0.3 is 5.11 Å². The minimum Gasteiger partial charge on any atom is -0.479 e. The first-order chi connectivity index (χ1) is 9.13. The van der Waals surface area contributed by atoms with Crippen LogP contribution in [0.2, 0.25) is 0 Å². The van der Waals surface area contributed by atoms with Crippen molar-refractivity contribution >= 4 is 5.97 Å². The van der Waals surface area contributed by atoms with E-state index in [0.29, 0.717) is 18.7 Å². The summed E-state index contributed by atoms with van der Waals surface area (Å²) in [5.74, 6) is -0.425. The zero-order chi connectivity index (χ0) is 13.5. The van der Waals surface area contributed by atoms with E-state index < -0.39 is 11.5 Å². The Bertz CT molecular complexity index is 633. The van der Waals surface area contributed by atoms with E-state index >= 15 is 0 Å². The van der Waals surface area contributed by atoms with Crippen molar-refractivity contribution in [2.24, 2.45) is 0 Å². The van der Waals surface area contributed by atoms with Gasteiger partial charge >= 0.3 is 5.97 Å². The third kappa shape index (κ3) is 1.69. The predicted molar refractivity (Wildman–Crippen MR) is 65.2 cm³/mol. The number of hydrogen-bond acceptors (Lipinski definition) is 5. The number of aryl methyl sites for hydroxylation is 1. The fraction of sp³-hybridized carbons (Fsp3) is 0.417. The number of carbonyl (C=O) groups is 1. The van der Waals surface area contributed by atoms with Gasteiger partial charge in [-0.2, -0.15) is 0 Å². The van der Waals surface area contributed by atoms with Crippen LogP contribution in [0.1, 0.15) is 24.8 Å². The third-order valence-electron chi connectivity index (χ3n) is 3.59. The van der Waals surface area contributed by atoms with E-state index in [1.807, 2.05) is 13.0 Å². The Kier molecular flexibility index (Phi) is 2.55. The van der Waals surface area contributed by atoms with Crippen molar-refractivity contribution in [3.63, 3.8) is 0 Å². The summed E-state index contributed by atoms with van der Waals surface area (Å²) in [6, 6.07) is 1.89. The molecule has 1 saturated carbocycles. The summed E-state index contributed by atoms with van der Waals surface area (Å²) < 4.78 is 1.43. The lowest BCUT2D eigenvalue weighted by Crippen LogP contribution is -2.48. The molecule has 0 spiro atoms. The van der Waals surface area contributed by atoms with E-state index in [-0.39, 0.29) is 0 Å². The summed E-state index contributed by atoms with van der Waals surface area (Å²) in [5, 5.41) is 20.9. The molecule has 19 heavy (non-hydrogen) atoms. The van der Waals surface area contributed by atoms with Gasteiger partial charge in [0.25, 0.3) is 0 Å². The second-order valence-corrected chi connectivity index (χ2v) is 4.86. The van der Waals surface area contributed by atoms with Crippen LogP contribution in [-0.2, 0) is 10.3 Å². The Labute approximate surface area is 109 Å². The lowest BCUT2D eigenvalue weighted by molar-refractivity contribution is -0.153. The predicted octanol–water partition coefficient (Wildman–Crippen LogP) is 1.01. The monoisotopic (exact) mass is 259 g/mol. The van der Waals surface area contributed by atoms with Gasteiger partial charge in [-0.25, -0.2) is 9.48 Å². The summed E-state index contributed by atoms with van der Waals surface area (Å²) in [6.45, 7) is 1.92. The molecule has 1 aliphatic rings. The molecule has 2 aromatic heterocycles. The van der Waals surface area contributed by atoms with Gasteiger partial charge in [0.15, 0.2) is 11.4 Å². The van der Waals surface area contributed by atoms with Crippen LogP contribution in [-0.4, -0.2) is 36.3 Å². The van der Waals surface area contributed by atoms with Gasteiger partial charge in [0, 0.05) is 18.0 Å². The Morgan fingerprint density at radius 1 is 1.42 bits per heavy atom. The van der Waals surface area contributed by atoms with Crippen molar-refractivity contribution in [2.45, 2.75) is 31.7 Å². The summed E-state index contributed by atoms with van der Waals surface area (Å²) in [6.07, 6.45) is 5.36. The van der Waals surface area contributed by atoms with Crippen molar-refractivity contribution in [1.29, 1.82) is 0 Å². The van der Waals surface area contributed by atoms with E-state index in [4.69, 9.17) is 0 Å². The average Bonchev–Trinajstić information content (AvgIpc) is 2.76. The van der Waals surface area contributed by atoms with Gasteiger partial charge in [-0.05, 0) is 48.2 Å². The fourth-order valence-corrected chi connectivity index (χ4v) is 2.36. The van der Waals surface area contributed by atoms with Crippen LogP contribution < -0.4 is 0 Å². The molecule has 0 aromatic carbocycles. The quantitative estimate of drug-likeness (QED) is 0.884. The molecule has 3 rings (SSSR count). The molecule has 1 aliphatic carbocycles. The number of pyridine rings is 1. The van der Waals surface area contributed by atoms with Crippen LogP contribution in [0.5, 0.6) is 0 Å². The highest BCUT2D eigenvalue weighted by Crippen LogP contribution is 2.40. The molecule has 0 bridgehead atoms. The van der Waals surface area contributed by atoms with Crippen molar-refractivity contribution < 1.29 is 9.90 Å². The van der Waals surface area contributed by atoms with Gasteiger partial charge in [0.2, 0.25) is 0 Å². The largest absolute Gasteiger partial charge is 0.479 e. The molecule has 0 unspecified atom stereocenters. The van der Waals surface area contributed by atoms with E-state index in [0.717, 1.165) is 17.5 Å². The number of carboxylic acid groups (broad SMARTS) is 1. The summed E-state index contributed by atoms with van der Waals surface area (Å²) in [4.78, 5) is 15.6. The van der Waals surface area contributed by atoms with Crippen LogP contribution in [0, 0.1) is 6.92 Å². The normalized spacial score (nSPS) is 16.9. The van der Waals surface area contributed by atoms with Gasteiger partial charge in [0.05, 0.1) is 0 Å². The topological polar surface area (TPSA) is 93.8 Å². The molecule has 0 aliphatic heterocycles. The van der Waals surface area contributed by atoms with Crippen molar-refractivity contribution in [2.75, 3.05) is 0 Å². The van der Waals surface area contributed by atoms with Crippen molar-refractivity contribution in [3.05, 3.63) is 24.0 Å². The smallest absolute Gasteiger partial charge is 0.331 e. The number of aliphatic carboxylic acids is 1. The highest BCUT2D eigenvalue weighted by Gasteiger charge is 2.49. The van der Waals surface area contributed by atoms with Crippen molar-refractivity contribution in [3.8, 4) is 11.4 Å². The molecule has 0 amide bonds. The molecular weight excluding hydrogens is 246 g/mol. The molecule has 2 aromatic rings. The second kappa shape index (κ2) is 4.11. The van der Waals surface area contributed by atoms with Crippen LogP contribution in [0.3, 0.4) is 0 Å². The first kappa shape index (κ1) is 11.8. The minimum atomic E-state index is -0.997. The molecule has 0 atom stereocenters. The Hall–Kier alpha value is -2.31. The minimum absolute atomic E-state index is 0.457. The zero-order valence-corrected chi connectivity index (χ0v) is 10.4. The van der Waals surface area contributed by atoms with Gasteiger partial charge in [-0.15, -0.1) is 5.10 Å². The maximum absolute atomic E-state index is 11.5. The number of nitrogens with zero attached hydrogens (tertiary/aromatic N) is 5. The van der Waals surface area contributed by atoms with E-state index in [1.165, 1.54) is 4.68 Å². The molecular formula is C12H13N5O2. The van der Waals surface area contributed by atoms with E-state index in [9.17, 15) is 9.90 Å². The maximum atomic E-state index is 11.5. The number of aromatic nitrogens is 5. The zero-order valence-electron chi connectivity index (χ0n) is 10.4. The summed E-state index contributed by atoms with van der Waals surface area (Å²) in [5.41, 5.74) is 0.713. The number of tetrazole rings is 1. The Morgan fingerprint density at radius 3 is 2.79 bits per heavy atom. The average molecular weight is 259 g/mol. The third-order valence-corrected chi connectivity index (χ3v) is 3.59. The lowest BCUT2D eigenvalue weighted by atomic mass is 9.76. The molecule has 0 radical (unpaired) electrons. The van der Waals surface area contributed by atoms with Gasteiger partial charge in [-0.1, -0.05) is 0 Å². The Balaban J connectivity index is 2.11. The molecule has 0 saturated heterocycles. The van der Waals surface area contributed by atoms with Gasteiger partial charge in [-0.3, -0.25) is 4.98 Å². The van der Waals surface area contributed by atoms with Crippen LogP contribution in [0.25, 0.3) is 11.4 Å². The molecule has 7 heteroatoms. The molecule has 2 heterocycles. The van der Waals surface area contributed by atoms with Gasteiger partial charge in [0.1, 0.15) is 0 Å². The standard InChI is InChI=1S/C12H13N5O2/c1-8-5-9(7-13-6-8)10-14-15-16-17(10)12(11(18)19)3-2-4-12/h5-7H,2-4H2,1H3,(H,18,19). The summed E-state index contributed by atoms with van der Waals surface area (Å²) in [7, 11) is 0. The molecule has 1 N–H and O–H groups in total. The lowest BCUT2D eigenvalue weighted by Gasteiger charge is -2.37. The van der Waals surface area contributed by atoms with Crippen LogP contribution in [0.4, 0.5) is 0 Å². The molecule has 1 fully saturated rings. The highest BCUT2D eigenvalue weighted by atomic mass is 16.4. The first-order valence-electron chi connectivity index (χ1n) is 6.08. The molecule has 7 nitrogen and oxygen atoms in total. The fourth-order valence-electron chi connectivity index (χ4n) is 2.36. The van der Waals surface area contributed by atoms with Crippen molar-refractivity contribution in [1.82, 2.24) is 25.2 Å². The van der Waals surface area contributed by atoms with E-state index in [2.05, 4.69) is 20.5 Å². The number of carboxylic acids is 1.